The average molecular weight is 328 g/mol. The summed E-state index contributed by atoms with van der Waals surface area (Å²) in [4.78, 5) is 20.3. The minimum absolute atomic E-state index is 0.0538. The Morgan fingerprint density at radius 1 is 1.39 bits per heavy atom. The Balaban J connectivity index is 1.53. The molecule has 2 N–H and O–H groups in total. The van der Waals surface area contributed by atoms with Gasteiger partial charge >= 0.3 is 0 Å². The van der Waals surface area contributed by atoms with Gasteiger partial charge in [0.25, 0.3) is 0 Å². The summed E-state index contributed by atoms with van der Waals surface area (Å²) in [7, 11) is 0. The molecule has 2 aromatic heterocycles. The molecule has 1 aromatic carbocycles. The fourth-order valence-corrected chi connectivity index (χ4v) is 2.89. The molecular formula is C16H16N4O2S. The highest BCUT2D eigenvalue weighted by atomic mass is 32.1. The van der Waals surface area contributed by atoms with Crippen LogP contribution in [0.25, 0.3) is 11.3 Å². The average Bonchev–Trinajstić information content (AvgIpc) is 3.19. The zero-order valence-corrected chi connectivity index (χ0v) is 13.2. The number of aryl methyl sites for hydroxylation is 1. The van der Waals surface area contributed by atoms with Gasteiger partial charge in [-0.1, -0.05) is 12.1 Å². The molecule has 0 unspecified atom stereocenters. The maximum atomic E-state index is 11.9. The molecule has 23 heavy (non-hydrogen) atoms. The molecule has 0 atom stereocenters. The van der Waals surface area contributed by atoms with Gasteiger partial charge < -0.3 is 15.0 Å². The summed E-state index contributed by atoms with van der Waals surface area (Å²) >= 11 is 1.37. The lowest BCUT2D eigenvalue weighted by Crippen LogP contribution is -2.12. The van der Waals surface area contributed by atoms with Crippen LogP contribution in [0.3, 0.4) is 0 Å². The van der Waals surface area contributed by atoms with Crippen molar-refractivity contribution in [1.82, 2.24) is 14.5 Å². The number of carbonyl (C=O) groups is 1. The highest BCUT2D eigenvalue weighted by molar-refractivity contribution is 7.14. The van der Waals surface area contributed by atoms with Gasteiger partial charge in [-0.3, -0.25) is 4.79 Å². The Labute approximate surface area is 137 Å². The minimum atomic E-state index is -0.0538. The molecule has 2 heterocycles. The van der Waals surface area contributed by atoms with Crippen LogP contribution in [0.15, 0.2) is 48.4 Å². The van der Waals surface area contributed by atoms with Crippen LogP contribution in [-0.4, -0.2) is 25.5 Å². The van der Waals surface area contributed by atoms with Crippen LogP contribution >= 0.6 is 11.3 Å². The number of carbonyl (C=O) groups excluding carboxylic acids is 1. The van der Waals surface area contributed by atoms with Crippen molar-refractivity contribution in [1.29, 1.82) is 0 Å². The first-order chi connectivity index (χ1) is 11.2. The van der Waals surface area contributed by atoms with Crippen molar-refractivity contribution in [2.45, 2.75) is 19.4 Å². The van der Waals surface area contributed by atoms with E-state index in [4.69, 9.17) is 0 Å². The first-order valence-electron chi connectivity index (χ1n) is 7.21. The topological polar surface area (TPSA) is 80.0 Å². The first-order valence-corrected chi connectivity index (χ1v) is 8.09. The van der Waals surface area contributed by atoms with Crippen LogP contribution < -0.4 is 5.32 Å². The molecule has 0 saturated heterocycles. The largest absolute Gasteiger partial charge is 0.508 e. The van der Waals surface area contributed by atoms with Gasteiger partial charge in [-0.15, -0.1) is 11.3 Å². The molecule has 3 aromatic rings. The van der Waals surface area contributed by atoms with E-state index < -0.39 is 0 Å². The van der Waals surface area contributed by atoms with Crippen LogP contribution in [0.4, 0.5) is 5.13 Å². The zero-order chi connectivity index (χ0) is 16.1. The quantitative estimate of drug-likeness (QED) is 0.728. The smallest absolute Gasteiger partial charge is 0.226 e. The molecule has 0 spiro atoms. The Morgan fingerprint density at radius 3 is 3.09 bits per heavy atom. The molecule has 1 amide bonds. The summed E-state index contributed by atoms with van der Waals surface area (Å²) in [6, 6.07) is 6.88. The lowest BCUT2D eigenvalue weighted by atomic mass is 10.2. The second-order valence-electron chi connectivity index (χ2n) is 5.04. The number of thiazole rings is 1. The van der Waals surface area contributed by atoms with Crippen molar-refractivity contribution in [3.63, 3.8) is 0 Å². The number of anilines is 1. The first kappa shape index (κ1) is 15.2. The third-order valence-corrected chi connectivity index (χ3v) is 4.03. The number of aromatic hydroxyl groups is 1. The summed E-state index contributed by atoms with van der Waals surface area (Å²) in [5.41, 5.74) is 1.56. The number of hydrogen-bond donors (Lipinski definition) is 2. The number of amides is 1. The second-order valence-corrected chi connectivity index (χ2v) is 5.90. The molecule has 0 aliphatic heterocycles. The fourth-order valence-electron chi connectivity index (χ4n) is 2.15. The van der Waals surface area contributed by atoms with Crippen LogP contribution in [0.5, 0.6) is 5.75 Å². The van der Waals surface area contributed by atoms with E-state index in [9.17, 15) is 9.90 Å². The van der Waals surface area contributed by atoms with Gasteiger partial charge in [0.15, 0.2) is 5.13 Å². The minimum Gasteiger partial charge on any atom is -0.508 e. The summed E-state index contributed by atoms with van der Waals surface area (Å²) < 4.78 is 1.94. The van der Waals surface area contributed by atoms with Crippen LogP contribution in [0.2, 0.25) is 0 Å². The van der Waals surface area contributed by atoms with Gasteiger partial charge in [-0.2, -0.15) is 0 Å². The Morgan fingerprint density at radius 2 is 2.30 bits per heavy atom. The van der Waals surface area contributed by atoms with Crippen molar-refractivity contribution in [3.8, 4) is 17.0 Å². The second kappa shape index (κ2) is 7.06. The molecule has 0 aliphatic carbocycles. The fraction of sp³-hybridized carbons (Fsp3) is 0.188. The molecule has 0 saturated carbocycles. The van der Waals surface area contributed by atoms with Crippen molar-refractivity contribution in [2.24, 2.45) is 0 Å². The summed E-state index contributed by atoms with van der Waals surface area (Å²) in [5, 5.41) is 14.7. The molecular weight excluding hydrogens is 312 g/mol. The van der Waals surface area contributed by atoms with Gasteiger partial charge in [-0.25, -0.2) is 9.97 Å². The van der Waals surface area contributed by atoms with Gasteiger partial charge in [0.05, 0.1) is 12.0 Å². The number of phenolic OH excluding ortho intramolecular Hbond substituents is 1. The van der Waals surface area contributed by atoms with Crippen molar-refractivity contribution in [2.75, 3.05) is 5.32 Å². The van der Waals surface area contributed by atoms with E-state index in [2.05, 4.69) is 15.3 Å². The van der Waals surface area contributed by atoms with Crippen molar-refractivity contribution >= 4 is 22.4 Å². The molecule has 6 nitrogen and oxygen atoms in total. The molecule has 7 heteroatoms. The number of rotatable bonds is 6. The van der Waals surface area contributed by atoms with Crippen LogP contribution in [0.1, 0.15) is 12.8 Å². The number of hydrogen-bond acceptors (Lipinski definition) is 5. The van der Waals surface area contributed by atoms with Gasteiger partial charge in [0.1, 0.15) is 5.75 Å². The molecule has 0 bridgehead atoms. The predicted molar refractivity (Wildman–Crippen MR) is 89.3 cm³/mol. The van der Waals surface area contributed by atoms with Gasteiger partial charge in [0, 0.05) is 36.3 Å². The summed E-state index contributed by atoms with van der Waals surface area (Å²) in [6.45, 7) is 0.764. The molecule has 3 rings (SSSR count). The third kappa shape index (κ3) is 4.17. The van der Waals surface area contributed by atoms with Crippen molar-refractivity contribution in [3.05, 3.63) is 48.4 Å². The number of phenols is 1. The SMILES string of the molecule is O=C(CCCn1ccnc1)Nc1nc(-c2cccc(O)c2)cs1. The van der Waals surface area contributed by atoms with Crippen LogP contribution in [-0.2, 0) is 11.3 Å². The standard InChI is InChI=1S/C16H16N4O2S/c21-13-4-1-3-12(9-13)14-10-23-16(18-14)19-15(22)5-2-7-20-8-6-17-11-20/h1,3-4,6,8-11,21H,2,5,7H2,(H,18,19,22). The monoisotopic (exact) mass is 328 g/mol. The van der Waals surface area contributed by atoms with E-state index in [1.807, 2.05) is 22.2 Å². The van der Waals surface area contributed by atoms with E-state index in [1.54, 1.807) is 30.7 Å². The predicted octanol–water partition coefficient (Wildman–Crippen LogP) is 3.13. The third-order valence-electron chi connectivity index (χ3n) is 3.27. The maximum absolute atomic E-state index is 11.9. The molecule has 0 aliphatic rings. The van der Waals surface area contributed by atoms with Crippen molar-refractivity contribution < 1.29 is 9.90 Å². The molecule has 0 radical (unpaired) electrons. The number of nitrogens with zero attached hydrogens (tertiary/aromatic N) is 3. The Hall–Kier alpha value is -2.67. The number of imidazole rings is 1. The van der Waals surface area contributed by atoms with E-state index in [0.717, 1.165) is 24.2 Å². The van der Waals surface area contributed by atoms with Crippen LogP contribution in [0, 0.1) is 0 Å². The van der Waals surface area contributed by atoms with Gasteiger partial charge in [-0.05, 0) is 18.6 Å². The highest BCUT2D eigenvalue weighted by Crippen LogP contribution is 2.27. The maximum Gasteiger partial charge on any atom is 0.226 e. The molecule has 118 valence electrons. The van der Waals surface area contributed by atoms with E-state index in [-0.39, 0.29) is 11.7 Å². The zero-order valence-electron chi connectivity index (χ0n) is 12.3. The number of aromatic nitrogens is 3. The summed E-state index contributed by atoms with van der Waals surface area (Å²) in [6.07, 6.45) is 6.51. The van der Waals surface area contributed by atoms with E-state index in [1.165, 1.54) is 11.3 Å². The van der Waals surface area contributed by atoms with E-state index >= 15 is 0 Å². The normalized spacial score (nSPS) is 10.6. The van der Waals surface area contributed by atoms with E-state index in [0.29, 0.717) is 11.6 Å². The lowest BCUT2D eigenvalue weighted by molar-refractivity contribution is -0.116. The number of nitrogens with one attached hydrogen (secondary N) is 1. The highest BCUT2D eigenvalue weighted by Gasteiger charge is 2.08. The van der Waals surface area contributed by atoms with Gasteiger partial charge in [0.2, 0.25) is 5.91 Å². The summed E-state index contributed by atoms with van der Waals surface area (Å²) in [5.74, 6) is 0.141. The molecule has 0 fully saturated rings. The Bertz CT molecular complexity index is 783. The Kier molecular flexibility index (Phi) is 4.68. The number of benzene rings is 1. The lowest BCUT2D eigenvalue weighted by Gasteiger charge is -2.03.